The monoisotopic (exact) mass is 316 g/mol. The fourth-order valence-corrected chi connectivity index (χ4v) is 2.64. The van der Waals surface area contributed by atoms with E-state index in [0.29, 0.717) is 18.5 Å². The van der Waals surface area contributed by atoms with Gasteiger partial charge in [0.1, 0.15) is 17.2 Å². The van der Waals surface area contributed by atoms with E-state index >= 15 is 0 Å². The van der Waals surface area contributed by atoms with Crippen molar-refractivity contribution in [2.45, 2.75) is 12.8 Å². The third-order valence-corrected chi connectivity index (χ3v) is 3.87. The topological polar surface area (TPSA) is 49.4 Å². The molecule has 1 aliphatic rings. The molecule has 2 amide bonds. The molecule has 0 atom stereocenters. The number of benzene rings is 2. The van der Waals surface area contributed by atoms with Crippen LogP contribution in [0.2, 0.25) is 0 Å². The van der Waals surface area contributed by atoms with Gasteiger partial charge in [-0.3, -0.25) is 9.59 Å². The lowest BCUT2D eigenvalue weighted by molar-refractivity contribution is -0.118. The Kier molecular flexibility index (Phi) is 3.82. The molecule has 0 saturated carbocycles. The molecule has 1 aliphatic heterocycles. The van der Waals surface area contributed by atoms with Crippen molar-refractivity contribution >= 4 is 23.2 Å². The number of hydrogen-bond donors (Lipinski definition) is 1. The Hall–Kier alpha value is -2.76. The number of rotatable bonds is 2. The quantitative estimate of drug-likeness (QED) is 0.925. The Balaban J connectivity index is 1.87. The summed E-state index contributed by atoms with van der Waals surface area (Å²) in [6.45, 7) is 0. The van der Waals surface area contributed by atoms with Crippen LogP contribution in [0.4, 0.5) is 20.2 Å². The molecule has 0 saturated heterocycles. The van der Waals surface area contributed by atoms with Crippen molar-refractivity contribution in [2.24, 2.45) is 0 Å². The molecule has 2 aromatic carbocycles. The van der Waals surface area contributed by atoms with Crippen molar-refractivity contribution in [1.29, 1.82) is 0 Å². The number of fused-ring (bicyclic) bond motifs is 1. The molecule has 3 rings (SSSR count). The van der Waals surface area contributed by atoms with Crippen LogP contribution >= 0.6 is 0 Å². The summed E-state index contributed by atoms with van der Waals surface area (Å²) in [4.78, 5) is 25.3. The summed E-state index contributed by atoms with van der Waals surface area (Å²) < 4.78 is 27.3. The molecule has 118 valence electrons. The molecule has 6 heteroatoms. The molecule has 23 heavy (non-hydrogen) atoms. The van der Waals surface area contributed by atoms with Crippen molar-refractivity contribution in [1.82, 2.24) is 0 Å². The smallest absolute Gasteiger partial charge is 0.261 e. The summed E-state index contributed by atoms with van der Waals surface area (Å²) in [5.74, 6) is -2.64. The van der Waals surface area contributed by atoms with E-state index in [1.54, 1.807) is 30.1 Å². The van der Waals surface area contributed by atoms with Gasteiger partial charge in [0.15, 0.2) is 0 Å². The lowest BCUT2D eigenvalue weighted by Crippen LogP contribution is -2.31. The number of nitrogens with one attached hydrogen (secondary N) is 1. The minimum absolute atomic E-state index is 0.0303. The summed E-state index contributed by atoms with van der Waals surface area (Å²) in [5, 5.41) is 2.49. The zero-order valence-corrected chi connectivity index (χ0v) is 12.4. The molecule has 0 aromatic heterocycles. The molecule has 1 heterocycles. The second kappa shape index (κ2) is 5.79. The van der Waals surface area contributed by atoms with E-state index in [0.717, 1.165) is 23.4 Å². The minimum Gasteiger partial charge on any atom is -0.322 e. The van der Waals surface area contributed by atoms with E-state index in [1.165, 1.54) is 6.07 Å². The summed E-state index contributed by atoms with van der Waals surface area (Å²) >= 11 is 0. The Bertz CT molecular complexity index is 785. The van der Waals surface area contributed by atoms with Gasteiger partial charge in [0.05, 0.1) is 0 Å². The van der Waals surface area contributed by atoms with Crippen molar-refractivity contribution in [3.05, 3.63) is 59.2 Å². The first-order valence-electron chi connectivity index (χ1n) is 7.12. The van der Waals surface area contributed by atoms with E-state index in [-0.39, 0.29) is 5.91 Å². The summed E-state index contributed by atoms with van der Waals surface area (Å²) in [6.07, 6.45) is 0.957. The second-order valence-corrected chi connectivity index (χ2v) is 5.35. The van der Waals surface area contributed by atoms with E-state index in [9.17, 15) is 18.4 Å². The first-order chi connectivity index (χ1) is 11.0. The van der Waals surface area contributed by atoms with Crippen LogP contribution in [0.1, 0.15) is 22.3 Å². The molecular formula is C17H14F2N2O2. The number of aryl methyl sites for hydroxylation is 1. The molecule has 0 aliphatic carbocycles. The van der Waals surface area contributed by atoms with E-state index in [4.69, 9.17) is 0 Å². The SMILES string of the molecule is CN1C(=O)CCc2cc(NC(=O)c3c(F)cccc3F)ccc21. The summed E-state index contributed by atoms with van der Waals surface area (Å²) in [6, 6.07) is 8.29. The average molecular weight is 316 g/mol. The fraction of sp³-hybridized carbons (Fsp3) is 0.176. The van der Waals surface area contributed by atoms with Crippen LogP contribution in [0, 0.1) is 11.6 Å². The number of carbonyl (C=O) groups excluding carboxylic acids is 2. The minimum atomic E-state index is -0.911. The van der Waals surface area contributed by atoms with Crippen molar-refractivity contribution in [3.63, 3.8) is 0 Å². The predicted molar refractivity (Wildman–Crippen MR) is 82.5 cm³/mol. The van der Waals surface area contributed by atoms with Gasteiger partial charge in [-0.25, -0.2) is 8.78 Å². The van der Waals surface area contributed by atoms with Gasteiger partial charge in [-0.05, 0) is 42.3 Å². The normalized spacial score (nSPS) is 13.7. The summed E-state index contributed by atoms with van der Waals surface area (Å²) in [7, 11) is 1.69. The molecule has 2 aromatic rings. The van der Waals surface area contributed by atoms with Crippen LogP contribution in [0.25, 0.3) is 0 Å². The number of carbonyl (C=O) groups is 2. The second-order valence-electron chi connectivity index (χ2n) is 5.35. The molecule has 0 fully saturated rings. The maximum absolute atomic E-state index is 13.6. The number of amides is 2. The van der Waals surface area contributed by atoms with Crippen LogP contribution in [0.5, 0.6) is 0 Å². The Morgan fingerprint density at radius 1 is 1.13 bits per heavy atom. The molecule has 4 nitrogen and oxygen atoms in total. The van der Waals surface area contributed by atoms with Gasteiger partial charge in [0.2, 0.25) is 5.91 Å². The Morgan fingerprint density at radius 3 is 2.52 bits per heavy atom. The molecule has 0 bridgehead atoms. The zero-order valence-electron chi connectivity index (χ0n) is 12.4. The van der Waals surface area contributed by atoms with Gasteiger partial charge < -0.3 is 10.2 Å². The highest BCUT2D eigenvalue weighted by Crippen LogP contribution is 2.29. The first kappa shape index (κ1) is 15.1. The molecule has 1 N–H and O–H groups in total. The average Bonchev–Trinajstić information content (AvgIpc) is 2.51. The molecule has 0 unspecified atom stereocenters. The van der Waals surface area contributed by atoms with E-state index in [1.807, 2.05) is 0 Å². The molecule has 0 spiro atoms. The predicted octanol–water partition coefficient (Wildman–Crippen LogP) is 3.13. The van der Waals surface area contributed by atoms with Gasteiger partial charge in [-0.15, -0.1) is 0 Å². The van der Waals surface area contributed by atoms with Crippen LogP contribution in [-0.2, 0) is 11.2 Å². The van der Waals surface area contributed by atoms with E-state index < -0.39 is 23.1 Å². The molecule has 0 radical (unpaired) electrons. The standard InChI is InChI=1S/C17H14F2N2O2/c1-21-14-7-6-11(9-10(14)5-8-15(21)22)20-17(23)16-12(18)3-2-4-13(16)19/h2-4,6-7,9H,5,8H2,1H3,(H,20,23). The van der Waals surface area contributed by atoms with Gasteiger partial charge in [0.25, 0.3) is 5.91 Å². The third kappa shape index (κ3) is 2.79. The van der Waals surface area contributed by atoms with Gasteiger partial charge >= 0.3 is 0 Å². The van der Waals surface area contributed by atoms with Crippen LogP contribution < -0.4 is 10.2 Å². The van der Waals surface area contributed by atoms with Crippen LogP contribution in [-0.4, -0.2) is 18.9 Å². The highest BCUT2D eigenvalue weighted by Gasteiger charge is 2.22. The van der Waals surface area contributed by atoms with Gasteiger partial charge in [0, 0.05) is 24.8 Å². The number of nitrogens with zero attached hydrogens (tertiary/aromatic N) is 1. The van der Waals surface area contributed by atoms with Gasteiger partial charge in [-0.2, -0.15) is 0 Å². The van der Waals surface area contributed by atoms with Crippen molar-refractivity contribution < 1.29 is 18.4 Å². The highest BCUT2D eigenvalue weighted by atomic mass is 19.1. The first-order valence-corrected chi connectivity index (χ1v) is 7.12. The number of anilines is 2. The lowest BCUT2D eigenvalue weighted by atomic mass is 10.0. The zero-order chi connectivity index (χ0) is 16.6. The lowest BCUT2D eigenvalue weighted by Gasteiger charge is -2.26. The maximum Gasteiger partial charge on any atom is 0.261 e. The maximum atomic E-state index is 13.6. The largest absolute Gasteiger partial charge is 0.322 e. The highest BCUT2D eigenvalue weighted by molar-refractivity contribution is 6.05. The van der Waals surface area contributed by atoms with Crippen LogP contribution in [0.15, 0.2) is 36.4 Å². The van der Waals surface area contributed by atoms with Crippen molar-refractivity contribution in [3.8, 4) is 0 Å². The number of halogens is 2. The Labute approximate surface area is 131 Å². The van der Waals surface area contributed by atoms with Gasteiger partial charge in [-0.1, -0.05) is 6.07 Å². The van der Waals surface area contributed by atoms with Crippen molar-refractivity contribution in [2.75, 3.05) is 17.3 Å². The third-order valence-electron chi connectivity index (χ3n) is 3.87. The Morgan fingerprint density at radius 2 is 1.83 bits per heavy atom. The fourth-order valence-electron chi connectivity index (χ4n) is 2.64. The number of hydrogen-bond acceptors (Lipinski definition) is 2. The van der Waals surface area contributed by atoms with Crippen LogP contribution in [0.3, 0.4) is 0 Å². The summed E-state index contributed by atoms with van der Waals surface area (Å²) in [5.41, 5.74) is 1.49. The van der Waals surface area contributed by atoms with E-state index in [2.05, 4.69) is 5.32 Å². The molecular weight excluding hydrogens is 302 g/mol.